The predicted octanol–water partition coefficient (Wildman–Crippen LogP) is 1.05. The van der Waals surface area contributed by atoms with E-state index in [2.05, 4.69) is 5.32 Å². The predicted molar refractivity (Wildman–Crippen MR) is 98.9 cm³/mol. The summed E-state index contributed by atoms with van der Waals surface area (Å²) in [5.41, 5.74) is -0.298. The Kier molecular flexibility index (Phi) is 5.35. The van der Waals surface area contributed by atoms with Gasteiger partial charge in [-0.3, -0.25) is 14.4 Å². The van der Waals surface area contributed by atoms with Crippen LogP contribution in [0.2, 0.25) is 0 Å². The Morgan fingerprint density at radius 2 is 1.79 bits per heavy atom. The zero-order valence-electron chi connectivity index (χ0n) is 16.1. The first-order chi connectivity index (χ1) is 13.3. The highest BCUT2D eigenvalue weighted by atomic mass is 16.5. The number of aliphatic carboxylic acids is 1. The van der Waals surface area contributed by atoms with Crippen molar-refractivity contribution in [3.63, 3.8) is 0 Å². The number of carboxylic acids is 1. The van der Waals surface area contributed by atoms with Crippen molar-refractivity contribution in [3.8, 4) is 17.2 Å². The summed E-state index contributed by atoms with van der Waals surface area (Å²) < 4.78 is 15.9. The van der Waals surface area contributed by atoms with Crippen molar-refractivity contribution >= 4 is 23.5 Å². The molecule has 2 amide bonds. The molecule has 152 valence electrons. The number of carbonyl (C=O) groups is 3. The number of anilines is 1. The van der Waals surface area contributed by atoms with E-state index in [9.17, 15) is 19.5 Å². The molecule has 1 aliphatic carbocycles. The van der Waals surface area contributed by atoms with Gasteiger partial charge in [-0.15, -0.1) is 0 Å². The highest BCUT2D eigenvalue weighted by Gasteiger charge is 2.50. The molecule has 2 fully saturated rings. The van der Waals surface area contributed by atoms with Crippen LogP contribution in [-0.4, -0.2) is 57.3 Å². The third kappa shape index (κ3) is 3.56. The molecule has 3 rings (SSSR count). The lowest BCUT2D eigenvalue weighted by atomic mass is 10.1. The maximum atomic E-state index is 12.5. The summed E-state index contributed by atoms with van der Waals surface area (Å²) in [5.74, 6) is -0.711. The third-order valence-corrected chi connectivity index (χ3v) is 5.37. The second-order valence-electron chi connectivity index (χ2n) is 7.09. The number of methoxy groups -OCH3 is 3. The lowest BCUT2D eigenvalue weighted by Gasteiger charge is -2.20. The molecule has 1 aliphatic heterocycles. The van der Waals surface area contributed by atoms with Gasteiger partial charge in [0.2, 0.25) is 17.6 Å². The van der Waals surface area contributed by atoms with E-state index in [0.29, 0.717) is 35.8 Å². The van der Waals surface area contributed by atoms with Crippen molar-refractivity contribution in [2.45, 2.75) is 19.3 Å². The van der Waals surface area contributed by atoms with Gasteiger partial charge in [-0.05, 0) is 12.8 Å². The molecular weight excluding hydrogens is 368 g/mol. The van der Waals surface area contributed by atoms with E-state index in [1.165, 1.54) is 26.2 Å². The Labute approximate surface area is 162 Å². The van der Waals surface area contributed by atoms with Crippen LogP contribution in [0.15, 0.2) is 12.1 Å². The third-order valence-electron chi connectivity index (χ3n) is 5.37. The molecule has 9 heteroatoms. The fraction of sp³-hybridized carbons (Fsp3) is 0.526. The van der Waals surface area contributed by atoms with Gasteiger partial charge >= 0.3 is 5.97 Å². The minimum atomic E-state index is -0.894. The van der Waals surface area contributed by atoms with E-state index >= 15 is 0 Å². The zero-order valence-corrected chi connectivity index (χ0v) is 16.1. The molecule has 0 radical (unpaired) electrons. The number of hydrogen-bond donors (Lipinski definition) is 2. The van der Waals surface area contributed by atoms with Crippen molar-refractivity contribution in [3.05, 3.63) is 12.1 Å². The van der Waals surface area contributed by atoms with E-state index in [1.54, 1.807) is 12.1 Å². The second kappa shape index (κ2) is 7.57. The Morgan fingerprint density at radius 3 is 2.25 bits per heavy atom. The molecule has 1 heterocycles. The van der Waals surface area contributed by atoms with Crippen LogP contribution in [0, 0.1) is 11.3 Å². The minimum absolute atomic E-state index is 0.0581. The highest BCUT2D eigenvalue weighted by Crippen LogP contribution is 2.45. The number of hydrogen-bond acceptors (Lipinski definition) is 6. The smallest absolute Gasteiger partial charge is 0.311 e. The van der Waals surface area contributed by atoms with E-state index in [0.717, 1.165) is 0 Å². The topological polar surface area (TPSA) is 114 Å². The van der Waals surface area contributed by atoms with E-state index in [1.807, 2.05) is 0 Å². The SMILES string of the molecule is COc1cc(N2CC(C(=O)NCC3(C(=O)O)CC3)CC2=O)cc(OC)c1OC. The van der Waals surface area contributed by atoms with Gasteiger partial charge in [0, 0.05) is 31.6 Å². The van der Waals surface area contributed by atoms with Gasteiger partial charge in [0.15, 0.2) is 11.5 Å². The van der Waals surface area contributed by atoms with E-state index < -0.39 is 17.3 Å². The summed E-state index contributed by atoms with van der Waals surface area (Å²) in [6.45, 7) is 0.291. The largest absolute Gasteiger partial charge is 0.493 e. The molecule has 2 N–H and O–H groups in total. The van der Waals surface area contributed by atoms with E-state index in [-0.39, 0.29) is 31.3 Å². The van der Waals surface area contributed by atoms with Crippen LogP contribution in [0.1, 0.15) is 19.3 Å². The monoisotopic (exact) mass is 392 g/mol. The number of ether oxygens (including phenoxy) is 3. The number of nitrogens with one attached hydrogen (secondary N) is 1. The number of benzene rings is 1. The molecule has 0 bridgehead atoms. The summed E-state index contributed by atoms with van der Waals surface area (Å²) in [6, 6.07) is 3.31. The van der Waals surface area contributed by atoms with Crippen molar-refractivity contribution in [2.24, 2.45) is 11.3 Å². The number of amides is 2. The minimum Gasteiger partial charge on any atom is -0.493 e. The first-order valence-corrected chi connectivity index (χ1v) is 8.96. The Bertz CT molecular complexity index is 778. The molecule has 1 aromatic carbocycles. The van der Waals surface area contributed by atoms with E-state index in [4.69, 9.17) is 14.2 Å². The standard InChI is InChI=1S/C19H24N2O7/c1-26-13-7-12(8-14(27-2)16(13)28-3)21-9-11(6-15(21)22)17(23)20-10-19(4-5-19)18(24)25/h7-8,11H,4-6,9-10H2,1-3H3,(H,20,23)(H,24,25). The maximum Gasteiger partial charge on any atom is 0.311 e. The van der Waals surface area contributed by atoms with Gasteiger partial charge in [-0.2, -0.15) is 0 Å². The number of nitrogens with zero attached hydrogens (tertiary/aromatic N) is 1. The van der Waals surface area contributed by atoms with Gasteiger partial charge in [0.25, 0.3) is 0 Å². The number of carboxylic acid groups (broad SMARTS) is 1. The summed E-state index contributed by atoms with van der Waals surface area (Å²) in [5, 5.41) is 11.9. The molecule has 28 heavy (non-hydrogen) atoms. The van der Waals surface area contributed by atoms with Crippen molar-refractivity contribution in [2.75, 3.05) is 39.3 Å². The summed E-state index contributed by atoms with van der Waals surface area (Å²) in [7, 11) is 4.46. The van der Waals surface area contributed by atoms with Crippen LogP contribution in [0.25, 0.3) is 0 Å². The fourth-order valence-corrected chi connectivity index (χ4v) is 3.37. The van der Waals surface area contributed by atoms with Crippen molar-refractivity contribution in [1.29, 1.82) is 0 Å². The normalized spacial score (nSPS) is 19.9. The lowest BCUT2D eigenvalue weighted by Crippen LogP contribution is -2.38. The lowest BCUT2D eigenvalue weighted by molar-refractivity contribution is -0.143. The van der Waals surface area contributed by atoms with Crippen LogP contribution in [0.3, 0.4) is 0 Å². The quantitative estimate of drug-likeness (QED) is 0.679. The number of carbonyl (C=O) groups excluding carboxylic acids is 2. The Morgan fingerprint density at radius 1 is 1.18 bits per heavy atom. The van der Waals surface area contributed by atoms with Gasteiger partial charge in [0.05, 0.1) is 38.3 Å². The average molecular weight is 392 g/mol. The molecule has 9 nitrogen and oxygen atoms in total. The summed E-state index contributed by atoms with van der Waals surface area (Å²) >= 11 is 0. The molecule has 0 aromatic heterocycles. The van der Waals surface area contributed by atoms with Gasteiger partial charge in [0.1, 0.15) is 0 Å². The van der Waals surface area contributed by atoms with Crippen LogP contribution >= 0.6 is 0 Å². The Balaban J connectivity index is 1.72. The average Bonchev–Trinajstić information content (AvgIpc) is 3.40. The molecule has 1 atom stereocenters. The molecule has 1 saturated heterocycles. The zero-order chi connectivity index (χ0) is 20.5. The molecule has 2 aliphatic rings. The van der Waals surface area contributed by atoms with Gasteiger partial charge in [-0.1, -0.05) is 0 Å². The summed E-state index contributed by atoms with van der Waals surface area (Å²) in [6.07, 6.45) is 1.18. The van der Waals surface area contributed by atoms with Crippen LogP contribution in [0.5, 0.6) is 17.2 Å². The number of rotatable bonds is 8. The molecule has 1 aromatic rings. The molecule has 1 saturated carbocycles. The van der Waals surface area contributed by atoms with Crippen LogP contribution in [-0.2, 0) is 14.4 Å². The van der Waals surface area contributed by atoms with Gasteiger partial charge < -0.3 is 29.5 Å². The maximum absolute atomic E-state index is 12.5. The van der Waals surface area contributed by atoms with Gasteiger partial charge in [-0.25, -0.2) is 0 Å². The molecular formula is C19H24N2O7. The highest BCUT2D eigenvalue weighted by molar-refractivity contribution is 6.00. The molecule has 1 unspecified atom stereocenters. The first-order valence-electron chi connectivity index (χ1n) is 8.96. The van der Waals surface area contributed by atoms with Crippen LogP contribution in [0.4, 0.5) is 5.69 Å². The first kappa shape index (κ1) is 19.8. The Hall–Kier alpha value is -2.97. The fourth-order valence-electron chi connectivity index (χ4n) is 3.37. The van der Waals surface area contributed by atoms with Crippen molar-refractivity contribution in [1.82, 2.24) is 5.32 Å². The second-order valence-corrected chi connectivity index (χ2v) is 7.09. The summed E-state index contributed by atoms with van der Waals surface area (Å²) in [4.78, 5) is 37.7. The molecule has 0 spiro atoms. The van der Waals surface area contributed by atoms with Crippen molar-refractivity contribution < 1.29 is 33.7 Å². The van der Waals surface area contributed by atoms with Crippen LogP contribution < -0.4 is 24.4 Å².